The summed E-state index contributed by atoms with van der Waals surface area (Å²) in [6.45, 7) is 12.0. The van der Waals surface area contributed by atoms with Gasteiger partial charge in [0.15, 0.2) is 0 Å². The van der Waals surface area contributed by atoms with Crippen LogP contribution in [0.15, 0.2) is 72.8 Å². The molecule has 14 nitrogen and oxygen atoms in total. The second kappa shape index (κ2) is 25.1. The van der Waals surface area contributed by atoms with Crippen LogP contribution in [0.25, 0.3) is 0 Å². The van der Waals surface area contributed by atoms with Crippen LogP contribution in [0.5, 0.6) is 0 Å². The van der Waals surface area contributed by atoms with Crippen molar-refractivity contribution in [1.29, 1.82) is 0 Å². The Bertz CT molecular complexity index is 1800. The van der Waals surface area contributed by atoms with Crippen molar-refractivity contribution in [3.05, 3.63) is 106 Å². The number of nitrogens with one attached hydrogen (secondary N) is 2. The van der Waals surface area contributed by atoms with E-state index >= 15 is 0 Å². The molecule has 0 radical (unpaired) electrons. The average molecular weight is 800 g/mol. The Hall–Kier alpha value is -6.18. The summed E-state index contributed by atoms with van der Waals surface area (Å²) < 4.78 is 4.15. The summed E-state index contributed by atoms with van der Waals surface area (Å²) in [5.74, 6) is -0.844. The predicted molar refractivity (Wildman–Crippen MR) is 221 cm³/mol. The summed E-state index contributed by atoms with van der Waals surface area (Å²) >= 11 is 0. The molecule has 3 aliphatic rings. The van der Waals surface area contributed by atoms with Crippen LogP contribution in [0.1, 0.15) is 142 Å². The number of alkyl carbamates (subject to hydrolysis) is 1. The van der Waals surface area contributed by atoms with Gasteiger partial charge in [-0.15, -0.1) is 0 Å². The van der Waals surface area contributed by atoms with E-state index in [0.29, 0.717) is 53.0 Å². The first kappa shape index (κ1) is 48.0. The number of benzene rings is 3. The second-order valence-corrected chi connectivity index (χ2v) is 13.2. The summed E-state index contributed by atoms with van der Waals surface area (Å²) in [6.07, 6.45) is 6.28. The molecule has 3 aromatic rings. The lowest BCUT2D eigenvalue weighted by Crippen LogP contribution is -2.30. The Morgan fingerprint density at radius 2 is 0.828 bits per heavy atom. The number of ether oxygens (including phenoxy) is 1. The first-order valence-electron chi connectivity index (χ1n) is 19.7. The van der Waals surface area contributed by atoms with E-state index in [9.17, 15) is 38.4 Å². The highest BCUT2D eigenvalue weighted by atomic mass is 16.5. The van der Waals surface area contributed by atoms with Gasteiger partial charge in [-0.05, 0) is 62.1 Å². The Kier molecular flexibility index (Phi) is 20.8. The lowest BCUT2D eigenvalue weighted by atomic mass is 10.1. The molecule has 0 atom stereocenters. The molecule has 312 valence electrons. The molecule has 14 heteroatoms. The van der Waals surface area contributed by atoms with Gasteiger partial charge in [-0.1, -0.05) is 83.4 Å². The molecule has 0 aliphatic carbocycles. The van der Waals surface area contributed by atoms with Gasteiger partial charge in [0.25, 0.3) is 35.4 Å². The number of imide groups is 3. The molecule has 0 aromatic heterocycles. The van der Waals surface area contributed by atoms with Crippen LogP contribution >= 0.6 is 0 Å². The van der Waals surface area contributed by atoms with E-state index in [4.69, 9.17) is 0 Å². The van der Waals surface area contributed by atoms with Crippen molar-refractivity contribution in [2.45, 2.75) is 79.6 Å². The monoisotopic (exact) mass is 799 g/mol. The van der Waals surface area contributed by atoms with Crippen molar-refractivity contribution in [3.8, 4) is 0 Å². The zero-order valence-corrected chi connectivity index (χ0v) is 34.7. The number of nitrogens with zero attached hydrogens (tertiary/aromatic N) is 3. The normalized spacial score (nSPS) is 13.1. The highest BCUT2D eigenvalue weighted by molar-refractivity contribution is 6.22. The largest absolute Gasteiger partial charge is 0.453 e. The van der Waals surface area contributed by atoms with Crippen LogP contribution in [0.2, 0.25) is 0 Å². The smallest absolute Gasteiger partial charge is 0.406 e. The topological polar surface area (TPSA) is 180 Å². The zero-order valence-electron chi connectivity index (χ0n) is 34.7. The number of carbonyl (C=O) groups is 8. The predicted octanol–water partition coefficient (Wildman–Crippen LogP) is 6.75. The third kappa shape index (κ3) is 13.2. The molecular formula is C44H57N5O9. The summed E-state index contributed by atoms with van der Waals surface area (Å²) in [6, 6.07) is 21.0. The lowest BCUT2D eigenvalue weighted by Gasteiger charge is -2.12. The molecule has 0 bridgehead atoms. The Balaban J connectivity index is 0.000000262. The number of rotatable bonds is 11. The fourth-order valence-electron chi connectivity index (χ4n) is 5.79. The van der Waals surface area contributed by atoms with Gasteiger partial charge in [-0.25, -0.2) is 4.79 Å². The minimum atomic E-state index is -0.407. The van der Waals surface area contributed by atoms with Crippen molar-refractivity contribution in [1.82, 2.24) is 25.3 Å². The van der Waals surface area contributed by atoms with Crippen molar-refractivity contribution < 1.29 is 43.1 Å². The minimum Gasteiger partial charge on any atom is -0.453 e. The molecule has 0 saturated carbocycles. The van der Waals surface area contributed by atoms with E-state index in [-0.39, 0.29) is 41.4 Å². The van der Waals surface area contributed by atoms with Crippen molar-refractivity contribution >= 4 is 47.4 Å². The second-order valence-electron chi connectivity index (χ2n) is 13.2. The van der Waals surface area contributed by atoms with Crippen LogP contribution in [-0.4, -0.2) is 102 Å². The van der Waals surface area contributed by atoms with Gasteiger partial charge in [0.1, 0.15) is 0 Å². The van der Waals surface area contributed by atoms with Gasteiger partial charge in [-0.2, -0.15) is 0 Å². The number of amides is 8. The molecule has 3 aromatic carbocycles. The highest BCUT2D eigenvalue weighted by Crippen LogP contribution is 2.24. The fourth-order valence-corrected chi connectivity index (χ4v) is 5.79. The molecule has 3 aliphatic heterocycles. The number of unbranched alkanes of at least 4 members (excludes halogenated alkanes) is 3. The SMILES string of the molecule is CCCCCN1C(=O)c2ccccc2C1=O.CCCCN1C(=O)c2ccccc2C1=O.CCCN1C(=O)c2ccccc2C1=O.CCCNC(C)=O.CNC(=O)OC. The molecule has 0 unspecified atom stereocenters. The van der Waals surface area contributed by atoms with E-state index in [1.807, 2.05) is 20.8 Å². The van der Waals surface area contributed by atoms with Crippen LogP contribution in [0, 0.1) is 0 Å². The molecule has 0 spiro atoms. The van der Waals surface area contributed by atoms with Crippen LogP contribution in [0.4, 0.5) is 4.79 Å². The van der Waals surface area contributed by atoms with Crippen LogP contribution < -0.4 is 10.6 Å². The number of carbonyl (C=O) groups excluding carboxylic acids is 8. The Morgan fingerprint density at radius 1 is 0.500 bits per heavy atom. The van der Waals surface area contributed by atoms with Gasteiger partial charge in [0, 0.05) is 40.2 Å². The molecule has 0 fully saturated rings. The number of hydrogen-bond donors (Lipinski definition) is 2. The highest BCUT2D eigenvalue weighted by Gasteiger charge is 2.36. The summed E-state index contributed by atoms with van der Waals surface area (Å²) in [5, 5.41) is 4.91. The van der Waals surface area contributed by atoms with Crippen LogP contribution in [-0.2, 0) is 9.53 Å². The number of hydrogen-bond acceptors (Lipinski definition) is 9. The number of methoxy groups -OCH3 is 1. The van der Waals surface area contributed by atoms with Gasteiger partial charge >= 0.3 is 6.09 Å². The van der Waals surface area contributed by atoms with Crippen molar-refractivity contribution in [3.63, 3.8) is 0 Å². The van der Waals surface area contributed by atoms with E-state index in [0.717, 1.165) is 51.5 Å². The Morgan fingerprint density at radius 3 is 1.05 bits per heavy atom. The molecule has 6 rings (SSSR count). The zero-order chi connectivity index (χ0) is 43.2. The summed E-state index contributed by atoms with van der Waals surface area (Å²) in [5.41, 5.74) is 3.24. The lowest BCUT2D eigenvalue weighted by molar-refractivity contribution is -0.118. The first-order valence-corrected chi connectivity index (χ1v) is 19.7. The van der Waals surface area contributed by atoms with Gasteiger partial charge in [0.2, 0.25) is 5.91 Å². The molecule has 0 saturated heterocycles. The first-order chi connectivity index (χ1) is 27.8. The number of fused-ring (bicyclic) bond motifs is 3. The maximum Gasteiger partial charge on any atom is 0.406 e. The quantitative estimate of drug-likeness (QED) is 0.157. The third-order valence-electron chi connectivity index (χ3n) is 8.82. The molecular weight excluding hydrogens is 743 g/mol. The summed E-state index contributed by atoms with van der Waals surface area (Å²) in [7, 11) is 2.82. The maximum atomic E-state index is 11.9. The maximum absolute atomic E-state index is 11.9. The van der Waals surface area contributed by atoms with E-state index in [1.165, 1.54) is 35.8 Å². The van der Waals surface area contributed by atoms with Gasteiger partial charge < -0.3 is 15.4 Å². The van der Waals surface area contributed by atoms with Crippen LogP contribution in [0.3, 0.4) is 0 Å². The molecule has 3 heterocycles. The molecule has 2 N–H and O–H groups in total. The van der Waals surface area contributed by atoms with Gasteiger partial charge in [-0.3, -0.25) is 48.3 Å². The fraction of sp³-hybridized carbons (Fsp3) is 0.409. The average Bonchev–Trinajstić information content (AvgIpc) is 3.74. The minimum absolute atomic E-state index is 0.0573. The molecule has 58 heavy (non-hydrogen) atoms. The Labute approximate surface area is 341 Å². The standard InChI is InChI=1S/C13H15NO2.C12H13NO2.C11H11NO2.C5H11NO.C3H7NO2/c1-2-3-6-9-14-12(15)10-7-4-5-8-11(10)13(14)16;1-2-3-8-13-11(14)9-6-4-5-7-10(9)12(13)15;1-2-7-12-10(13)8-5-3-4-6-9(8)11(12)14;1-3-4-6-5(2)7;1-4-3(5)6-2/h4-5,7-8H,2-3,6,9H2,1H3;4-7H,2-3,8H2,1H3;3-6H,2,7H2,1H3;3-4H2,1-2H3,(H,6,7);1-2H3,(H,4,5). The van der Waals surface area contributed by atoms with E-state index in [1.54, 1.807) is 72.8 Å². The third-order valence-corrected chi connectivity index (χ3v) is 8.82. The van der Waals surface area contributed by atoms with E-state index < -0.39 is 6.09 Å². The summed E-state index contributed by atoms with van der Waals surface area (Å²) in [4.78, 5) is 94.8. The van der Waals surface area contributed by atoms with Gasteiger partial charge in [0.05, 0.1) is 40.5 Å². The van der Waals surface area contributed by atoms with Crippen molar-refractivity contribution in [2.75, 3.05) is 40.3 Å². The van der Waals surface area contributed by atoms with Crippen molar-refractivity contribution in [2.24, 2.45) is 0 Å². The molecule has 8 amide bonds. The van der Waals surface area contributed by atoms with E-state index in [2.05, 4.69) is 22.3 Å².